The van der Waals surface area contributed by atoms with Gasteiger partial charge in [-0.05, 0) is 31.2 Å². The van der Waals surface area contributed by atoms with Crippen LogP contribution in [0, 0.1) is 0 Å². The zero-order chi connectivity index (χ0) is 8.97. The number of thioether (sulfide) groups is 1. The third-order valence-electron chi connectivity index (χ3n) is 1.33. The molecule has 1 rings (SSSR count). The van der Waals surface area contributed by atoms with Crippen LogP contribution in [0.1, 0.15) is 6.92 Å². The van der Waals surface area contributed by atoms with Crippen LogP contribution in [-0.2, 0) is 4.79 Å². The minimum absolute atomic E-state index is 0.00572. The van der Waals surface area contributed by atoms with Crippen LogP contribution in [0.3, 0.4) is 0 Å². The molecule has 12 heavy (non-hydrogen) atoms. The molecule has 0 fully saturated rings. The Kier molecular flexibility index (Phi) is 3.63. The molecule has 0 amide bonds. The van der Waals surface area contributed by atoms with E-state index in [0.717, 1.165) is 16.2 Å². The molecule has 0 aliphatic rings. The van der Waals surface area contributed by atoms with E-state index < -0.39 is 0 Å². The van der Waals surface area contributed by atoms with Crippen molar-refractivity contribution < 1.29 is 4.79 Å². The first-order valence-corrected chi connectivity index (χ1v) is 4.85. The summed E-state index contributed by atoms with van der Waals surface area (Å²) in [6.45, 7) is 1.87. The van der Waals surface area contributed by atoms with Crippen LogP contribution in [-0.4, -0.2) is 11.5 Å². The first-order chi connectivity index (χ1) is 5.72. The molecule has 0 aliphatic carbocycles. The van der Waals surface area contributed by atoms with Crippen LogP contribution in [0.25, 0.3) is 0 Å². The third kappa shape index (κ3) is 2.88. The van der Waals surface area contributed by atoms with Crippen molar-refractivity contribution in [3.05, 3.63) is 29.3 Å². The molecule has 1 nitrogen and oxygen atoms in total. The second-order valence-corrected chi connectivity index (χ2v) is 4.30. The molecule has 0 saturated heterocycles. The average Bonchev–Trinajstić information content (AvgIpc) is 2.09. The molecule has 1 aromatic carbocycles. The van der Waals surface area contributed by atoms with Crippen LogP contribution >= 0.6 is 23.4 Å². The molecule has 1 aromatic rings. The fourth-order valence-corrected chi connectivity index (χ4v) is 1.66. The van der Waals surface area contributed by atoms with E-state index >= 15 is 0 Å². The largest absolute Gasteiger partial charge is 0.302 e. The molecule has 0 heterocycles. The monoisotopic (exact) mass is 200 g/mol. The predicted octanol–water partition coefficient (Wildman–Crippen LogP) is 3.02. The molecule has 0 N–H and O–H groups in total. The van der Waals surface area contributed by atoms with Gasteiger partial charge in [0.05, 0.1) is 5.25 Å². The summed E-state index contributed by atoms with van der Waals surface area (Å²) in [4.78, 5) is 11.4. The molecular formula is C9H9ClOS. The van der Waals surface area contributed by atoms with Gasteiger partial charge in [0, 0.05) is 9.92 Å². The summed E-state index contributed by atoms with van der Waals surface area (Å²) in [5.41, 5.74) is 0. The molecular weight excluding hydrogens is 192 g/mol. The van der Waals surface area contributed by atoms with Gasteiger partial charge >= 0.3 is 0 Å². The first-order valence-electron chi connectivity index (χ1n) is 3.60. The van der Waals surface area contributed by atoms with E-state index in [1.54, 1.807) is 0 Å². The van der Waals surface area contributed by atoms with E-state index in [2.05, 4.69) is 0 Å². The van der Waals surface area contributed by atoms with Gasteiger partial charge in [-0.15, -0.1) is 11.8 Å². The highest BCUT2D eigenvalue weighted by atomic mass is 35.5. The number of hydrogen-bond donors (Lipinski definition) is 0. The topological polar surface area (TPSA) is 17.1 Å². The van der Waals surface area contributed by atoms with Gasteiger partial charge in [-0.1, -0.05) is 11.6 Å². The molecule has 1 unspecified atom stereocenters. The summed E-state index contributed by atoms with van der Waals surface area (Å²) < 4.78 is 0. The van der Waals surface area contributed by atoms with Crippen molar-refractivity contribution in [1.29, 1.82) is 0 Å². The van der Waals surface area contributed by atoms with Crippen molar-refractivity contribution in [3.8, 4) is 0 Å². The lowest BCUT2D eigenvalue weighted by atomic mass is 10.4. The van der Waals surface area contributed by atoms with Crippen molar-refractivity contribution in [2.75, 3.05) is 0 Å². The molecule has 0 bridgehead atoms. The summed E-state index contributed by atoms with van der Waals surface area (Å²) in [6, 6.07) is 7.46. The molecule has 0 radical (unpaired) electrons. The summed E-state index contributed by atoms with van der Waals surface area (Å²) >= 11 is 7.23. The summed E-state index contributed by atoms with van der Waals surface area (Å²) in [6.07, 6.45) is 0.930. The van der Waals surface area contributed by atoms with Crippen molar-refractivity contribution in [2.45, 2.75) is 17.1 Å². The van der Waals surface area contributed by atoms with E-state index in [1.165, 1.54) is 11.8 Å². The Morgan fingerprint density at radius 2 is 2.00 bits per heavy atom. The molecule has 0 aliphatic heterocycles. The van der Waals surface area contributed by atoms with Crippen LogP contribution in [0.2, 0.25) is 5.02 Å². The maximum atomic E-state index is 10.3. The number of aldehydes is 1. The van der Waals surface area contributed by atoms with E-state index in [4.69, 9.17) is 11.6 Å². The van der Waals surface area contributed by atoms with E-state index in [-0.39, 0.29) is 5.25 Å². The second-order valence-electron chi connectivity index (χ2n) is 2.41. The summed E-state index contributed by atoms with van der Waals surface area (Å²) in [7, 11) is 0. The van der Waals surface area contributed by atoms with Crippen LogP contribution in [0.5, 0.6) is 0 Å². The third-order valence-corrected chi connectivity index (χ3v) is 2.61. The Morgan fingerprint density at radius 3 is 2.50 bits per heavy atom. The smallest absolute Gasteiger partial charge is 0.133 e. The Labute approximate surface area is 81.1 Å². The molecule has 3 heteroatoms. The molecule has 64 valence electrons. The summed E-state index contributed by atoms with van der Waals surface area (Å²) in [5.74, 6) is 0. The molecule has 0 saturated carbocycles. The number of hydrogen-bond acceptors (Lipinski definition) is 2. The number of rotatable bonds is 3. The maximum Gasteiger partial charge on any atom is 0.133 e. The van der Waals surface area contributed by atoms with Gasteiger partial charge < -0.3 is 4.79 Å². The van der Waals surface area contributed by atoms with Gasteiger partial charge in [-0.3, -0.25) is 0 Å². The Bertz CT molecular complexity index is 258. The minimum Gasteiger partial charge on any atom is -0.302 e. The lowest BCUT2D eigenvalue weighted by Crippen LogP contribution is -1.95. The zero-order valence-corrected chi connectivity index (χ0v) is 8.23. The van der Waals surface area contributed by atoms with Gasteiger partial charge in [0.1, 0.15) is 6.29 Å². The quantitative estimate of drug-likeness (QED) is 0.551. The van der Waals surface area contributed by atoms with Gasteiger partial charge in [-0.2, -0.15) is 0 Å². The maximum absolute atomic E-state index is 10.3. The Hall–Kier alpha value is -0.470. The SMILES string of the molecule is CC(C=O)Sc1ccc(Cl)cc1. The van der Waals surface area contributed by atoms with Gasteiger partial charge in [0.15, 0.2) is 0 Å². The predicted molar refractivity (Wildman–Crippen MR) is 52.8 cm³/mol. The highest BCUT2D eigenvalue weighted by molar-refractivity contribution is 8.00. The van der Waals surface area contributed by atoms with Gasteiger partial charge in [-0.25, -0.2) is 0 Å². The number of carbonyl (C=O) groups excluding carboxylic acids is 1. The Balaban J connectivity index is 2.64. The standard InChI is InChI=1S/C9H9ClOS/c1-7(6-11)12-9-4-2-8(10)3-5-9/h2-7H,1H3. The molecule has 0 spiro atoms. The highest BCUT2D eigenvalue weighted by Gasteiger charge is 2.01. The zero-order valence-electron chi connectivity index (χ0n) is 6.66. The Morgan fingerprint density at radius 1 is 1.42 bits per heavy atom. The lowest BCUT2D eigenvalue weighted by Gasteiger charge is -2.02. The highest BCUT2D eigenvalue weighted by Crippen LogP contribution is 2.23. The lowest BCUT2D eigenvalue weighted by molar-refractivity contribution is -0.107. The normalized spacial score (nSPS) is 12.5. The summed E-state index contributed by atoms with van der Waals surface area (Å²) in [5, 5.41) is 0.726. The fourth-order valence-electron chi connectivity index (χ4n) is 0.756. The van der Waals surface area contributed by atoms with Gasteiger partial charge in [0.2, 0.25) is 0 Å². The van der Waals surface area contributed by atoms with E-state index in [0.29, 0.717) is 0 Å². The fraction of sp³-hybridized carbons (Fsp3) is 0.222. The molecule has 1 atom stereocenters. The van der Waals surface area contributed by atoms with Crippen molar-refractivity contribution >= 4 is 29.6 Å². The minimum atomic E-state index is 0.00572. The average molecular weight is 201 g/mol. The van der Waals surface area contributed by atoms with Crippen LogP contribution in [0.4, 0.5) is 0 Å². The number of carbonyl (C=O) groups is 1. The van der Waals surface area contributed by atoms with Crippen LogP contribution in [0.15, 0.2) is 29.2 Å². The number of halogens is 1. The van der Waals surface area contributed by atoms with Crippen molar-refractivity contribution in [2.24, 2.45) is 0 Å². The first kappa shape index (κ1) is 9.62. The number of benzene rings is 1. The van der Waals surface area contributed by atoms with E-state index in [9.17, 15) is 4.79 Å². The van der Waals surface area contributed by atoms with Crippen LogP contribution < -0.4 is 0 Å². The van der Waals surface area contributed by atoms with Gasteiger partial charge in [0.25, 0.3) is 0 Å². The van der Waals surface area contributed by atoms with Crippen molar-refractivity contribution in [3.63, 3.8) is 0 Å². The van der Waals surface area contributed by atoms with Crippen molar-refractivity contribution in [1.82, 2.24) is 0 Å². The molecule has 0 aromatic heterocycles. The van der Waals surface area contributed by atoms with E-state index in [1.807, 2.05) is 31.2 Å². The second kappa shape index (κ2) is 4.53.